The van der Waals surface area contributed by atoms with Gasteiger partial charge in [-0.25, -0.2) is 0 Å². The molecule has 1 atom stereocenters. The molecule has 88 valence electrons. The third-order valence-electron chi connectivity index (χ3n) is 2.19. The van der Waals surface area contributed by atoms with Crippen molar-refractivity contribution in [3.63, 3.8) is 0 Å². The van der Waals surface area contributed by atoms with E-state index in [9.17, 15) is 18.4 Å². The van der Waals surface area contributed by atoms with Gasteiger partial charge < -0.3 is 10.5 Å². The second kappa shape index (κ2) is 4.88. The summed E-state index contributed by atoms with van der Waals surface area (Å²) in [5, 5.41) is 12.5. The number of hydrogen-bond acceptors (Lipinski definition) is 5. The highest BCUT2D eigenvalue weighted by molar-refractivity contribution is 7.85. The van der Waals surface area contributed by atoms with Crippen molar-refractivity contribution in [1.82, 2.24) is 10.4 Å². The number of nitrogens with zero attached hydrogens (tertiary/aromatic N) is 1. The van der Waals surface area contributed by atoms with Crippen LogP contribution in [0.1, 0.15) is 12.8 Å². The van der Waals surface area contributed by atoms with Crippen LogP contribution in [-0.4, -0.2) is 54.0 Å². The lowest BCUT2D eigenvalue weighted by molar-refractivity contribution is -0.145. The van der Waals surface area contributed by atoms with Crippen molar-refractivity contribution in [2.45, 2.75) is 18.9 Å². The minimum Gasteiger partial charge on any atom is -0.354 e. The van der Waals surface area contributed by atoms with E-state index in [4.69, 9.17) is 4.55 Å². The van der Waals surface area contributed by atoms with Crippen molar-refractivity contribution < 1.29 is 23.0 Å². The number of nitrogens with one attached hydrogen (secondary N) is 1. The monoisotopic (exact) mass is 238 g/mol. The molecule has 0 aromatic heterocycles. The highest BCUT2D eigenvalue weighted by Gasteiger charge is 2.29. The number of carbonyl (C=O) groups excluding carboxylic acids is 1. The van der Waals surface area contributed by atoms with Crippen LogP contribution in [0.4, 0.5) is 0 Å². The summed E-state index contributed by atoms with van der Waals surface area (Å²) in [5.74, 6) is -0.935. The molecule has 0 aromatic rings. The van der Waals surface area contributed by atoms with E-state index in [0.29, 0.717) is 13.0 Å². The maximum absolute atomic E-state index is 11.4. The van der Waals surface area contributed by atoms with Crippen molar-refractivity contribution in [2.75, 3.05) is 18.8 Å². The van der Waals surface area contributed by atoms with E-state index in [1.54, 1.807) is 0 Å². The summed E-state index contributed by atoms with van der Waals surface area (Å²) in [4.78, 5) is 11.4. The van der Waals surface area contributed by atoms with Crippen LogP contribution in [0, 0.1) is 0 Å². The molecule has 1 aliphatic heterocycles. The minimum atomic E-state index is -4.05. The lowest BCUT2D eigenvalue weighted by Crippen LogP contribution is -2.43. The Morgan fingerprint density at radius 3 is 2.67 bits per heavy atom. The summed E-state index contributed by atoms with van der Waals surface area (Å²) < 4.78 is 29.1. The second-order valence-corrected chi connectivity index (χ2v) is 4.97. The first-order valence-electron chi connectivity index (χ1n) is 4.58. The Labute approximate surface area is 87.8 Å². The van der Waals surface area contributed by atoms with Gasteiger partial charge in [-0.3, -0.25) is 9.35 Å². The fourth-order valence-electron chi connectivity index (χ4n) is 1.44. The van der Waals surface area contributed by atoms with Gasteiger partial charge in [0.25, 0.3) is 10.1 Å². The standard InChI is InChI=1S/C7H14N2O5S/c10-7(6-2-1-4-9(6)11)8-3-5-15(12,13)14/h6,11H,1-5H2,(H,8,10)(H,12,13,14). The average molecular weight is 238 g/mol. The molecular weight excluding hydrogens is 224 g/mol. The molecule has 0 aliphatic carbocycles. The molecule has 1 rings (SSSR count). The number of rotatable bonds is 4. The summed E-state index contributed by atoms with van der Waals surface area (Å²) in [5.41, 5.74) is 0. The molecule has 0 aromatic carbocycles. The molecular formula is C7H14N2O5S. The summed E-state index contributed by atoms with van der Waals surface area (Å²) in [6.07, 6.45) is 1.28. The maximum Gasteiger partial charge on any atom is 0.266 e. The van der Waals surface area contributed by atoms with Gasteiger partial charge in [-0.1, -0.05) is 0 Å². The Hall–Kier alpha value is -0.700. The highest BCUT2D eigenvalue weighted by Crippen LogP contribution is 2.13. The van der Waals surface area contributed by atoms with Crippen molar-refractivity contribution in [2.24, 2.45) is 0 Å². The third kappa shape index (κ3) is 4.12. The first-order chi connectivity index (χ1) is 6.90. The zero-order valence-corrected chi connectivity index (χ0v) is 8.90. The topological polar surface area (TPSA) is 107 Å². The van der Waals surface area contributed by atoms with E-state index < -0.39 is 27.8 Å². The van der Waals surface area contributed by atoms with Crippen LogP contribution in [-0.2, 0) is 14.9 Å². The van der Waals surface area contributed by atoms with Crippen molar-refractivity contribution >= 4 is 16.0 Å². The van der Waals surface area contributed by atoms with Gasteiger partial charge in [-0.15, -0.1) is 0 Å². The van der Waals surface area contributed by atoms with Gasteiger partial charge in [0.15, 0.2) is 0 Å². The zero-order chi connectivity index (χ0) is 11.5. The van der Waals surface area contributed by atoms with Gasteiger partial charge in [0.05, 0.1) is 5.75 Å². The van der Waals surface area contributed by atoms with Crippen LogP contribution in [0.5, 0.6) is 0 Å². The van der Waals surface area contributed by atoms with Crippen molar-refractivity contribution in [1.29, 1.82) is 0 Å². The molecule has 7 nitrogen and oxygen atoms in total. The Morgan fingerprint density at radius 1 is 1.53 bits per heavy atom. The first-order valence-corrected chi connectivity index (χ1v) is 6.19. The molecule has 8 heteroatoms. The quantitative estimate of drug-likeness (QED) is 0.533. The van der Waals surface area contributed by atoms with Crippen LogP contribution < -0.4 is 5.32 Å². The fourth-order valence-corrected chi connectivity index (χ4v) is 1.80. The van der Waals surface area contributed by atoms with Crippen LogP contribution in [0.3, 0.4) is 0 Å². The summed E-state index contributed by atoms with van der Waals surface area (Å²) in [6, 6.07) is -0.605. The number of hydrogen-bond donors (Lipinski definition) is 3. The van der Waals surface area contributed by atoms with Gasteiger partial charge in [-0.05, 0) is 12.8 Å². The van der Waals surface area contributed by atoms with E-state index in [0.717, 1.165) is 11.5 Å². The molecule has 0 bridgehead atoms. The van der Waals surface area contributed by atoms with Crippen molar-refractivity contribution in [3.05, 3.63) is 0 Å². The molecule has 15 heavy (non-hydrogen) atoms. The SMILES string of the molecule is O=C(NCCS(=O)(=O)O)C1CCCN1O. The summed E-state index contributed by atoms with van der Waals surface area (Å²) in [7, 11) is -4.05. The Bertz CT molecular complexity index is 328. The third-order valence-corrected chi connectivity index (χ3v) is 2.91. The van der Waals surface area contributed by atoms with Crippen LogP contribution in [0.15, 0.2) is 0 Å². The maximum atomic E-state index is 11.4. The smallest absolute Gasteiger partial charge is 0.266 e. The van der Waals surface area contributed by atoms with Gasteiger partial charge >= 0.3 is 0 Å². The van der Waals surface area contributed by atoms with Crippen molar-refractivity contribution in [3.8, 4) is 0 Å². The Kier molecular flexibility index (Phi) is 4.03. The van der Waals surface area contributed by atoms with E-state index in [1.807, 2.05) is 0 Å². The molecule has 0 radical (unpaired) electrons. The molecule has 1 fully saturated rings. The second-order valence-electron chi connectivity index (χ2n) is 3.40. The molecule has 1 aliphatic rings. The van der Waals surface area contributed by atoms with E-state index in [-0.39, 0.29) is 6.54 Å². The van der Waals surface area contributed by atoms with Crippen LogP contribution >= 0.6 is 0 Å². The highest BCUT2D eigenvalue weighted by atomic mass is 32.2. The van der Waals surface area contributed by atoms with Gasteiger partial charge in [0.2, 0.25) is 5.91 Å². The number of carbonyl (C=O) groups is 1. The van der Waals surface area contributed by atoms with E-state index in [1.165, 1.54) is 0 Å². The molecule has 1 saturated heterocycles. The first kappa shape index (κ1) is 12.4. The van der Waals surface area contributed by atoms with Gasteiger partial charge in [0.1, 0.15) is 6.04 Å². The molecule has 0 saturated carbocycles. The molecule has 1 amide bonds. The van der Waals surface area contributed by atoms with E-state index >= 15 is 0 Å². The van der Waals surface area contributed by atoms with Crippen LogP contribution in [0.25, 0.3) is 0 Å². The Morgan fingerprint density at radius 2 is 2.20 bits per heavy atom. The normalized spacial score (nSPS) is 22.9. The van der Waals surface area contributed by atoms with Gasteiger partial charge in [-0.2, -0.15) is 13.5 Å². The molecule has 1 unspecified atom stereocenters. The minimum absolute atomic E-state index is 0.151. The fraction of sp³-hybridized carbons (Fsp3) is 0.857. The largest absolute Gasteiger partial charge is 0.354 e. The van der Waals surface area contributed by atoms with Gasteiger partial charge in [0, 0.05) is 13.1 Å². The Balaban J connectivity index is 2.30. The average Bonchev–Trinajstić information content (AvgIpc) is 2.48. The number of amides is 1. The lowest BCUT2D eigenvalue weighted by atomic mass is 10.2. The van der Waals surface area contributed by atoms with E-state index in [2.05, 4.69) is 5.32 Å². The van der Waals surface area contributed by atoms with Crippen LogP contribution in [0.2, 0.25) is 0 Å². The predicted octanol–water partition coefficient (Wildman–Crippen LogP) is -1.16. The number of hydroxylamine groups is 2. The zero-order valence-electron chi connectivity index (χ0n) is 8.09. The lowest BCUT2D eigenvalue weighted by Gasteiger charge is -2.16. The molecule has 3 N–H and O–H groups in total. The molecule has 0 spiro atoms. The summed E-state index contributed by atoms with van der Waals surface area (Å²) in [6.45, 7) is 0.290. The predicted molar refractivity (Wildman–Crippen MR) is 50.9 cm³/mol. The summed E-state index contributed by atoms with van der Waals surface area (Å²) >= 11 is 0. The molecule has 1 heterocycles.